The minimum Gasteiger partial charge on any atom is -0.504 e. The summed E-state index contributed by atoms with van der Waals surface area (Å²) in [5.74, 6) is 0.767. The summed E-state index contributed by atoms with van der Waals surface area (Å²) in [5.41, 5.74) is 1.68. The summed E-state index contributed by atoms with van der Waals surface area (Å²) in [5, 5.41) is 10.2. The number of allylic oxidation sites excluding steroid dienone is 1. The van der Waals surface area contributed by atoms with Crippen molar-refractivity contribution in [2.45, 2.75) is 46.8 Å². The van der Waals surface area contributed by atoms with Gasteiger partial charge in [0, 0.05) is 4.47 Å². The lowest BCUT2D eigenvalue weighted by Gasteiger charge is -2.25. The van der Waals surface area contributed by atoms with E-state index in [1.54, 1.807) is 38.1 Å². The maximum atomic E-state index is 13.9. The highest BCUT2D eigenvalue weighted by atomic mass is 79.9. The number of rotatable bonds is 9. The van der Waals surface area contributed by atoms with Crippen molar-refractivity contribution >= 4 is 39.3 Å². The summed E-state index contributed by atoms with van der Waals surface area (Å²) in [7, 11) is 1.54. The van der Waals surface area contributed by atoms with Gasteiger partial charge in [0.05, 0.1) is 48.3 Å². The molecule has 2 aromatic carbocycles. The van der Waals surface area contributed by atoms with Gasteiger partial charge in [-0.15, -0.1) is 0 Å². The zero-order valence-electron chi connectivity index (χ0n) is 23.1. The van der Waals surface area contributed by atoms with Crippen LogP contribution in [0.2, 0.25) is 0 Å². The number of ether oxygens (including phenoxy) is 4. The van der Waals surface area contributed by atoms with Crippen molar-refractivity contribution in [3.63, 3.8) is 0 Å². The lowest BCUT2D eigenvalue weighted by Crippen LogP contribution is -2.40. The molecule has 9 nitrogen and oxygen atoms in total. The molecule has 1 atom stereocenters. The van der Waals surface area contributed by atoms with Crippen LogP contribution in [-0.4, -0.2) is 42.1 Å². The van der Waals surface area contributed by atoms with Crippen LogP contribution in [0.5, 0.6) is 23.0 Å². The predicted octanol–water partition coefficient (Wildman–Crippen LogP) is 4.46. The Kier molecular flexibility index (Phi) is 9.05. The molecule has 4 rings (SSSR count). The smallest absolute Gasteiger partial charge is 0.338 e. The summed E-state index contributed by atoms with van der Waals surface area (Å²) in [6.45, 7) is 9.66. The SMILES string of the molecule is CCOC(=O)C1=C(C)N=c2s/c(=C\c3cc(OCC)c(O)cc3Br)c(=O)n2[C@@H]1c1ccc(OC(C)C)c(OC)c1. The molecular formula is C29H31BrN2O7S. The number of phenols is 1. The first-order valence-corrected chi connectivity index (χ1v) is 14.4. The maximum Gasteiger partial charge on any atom is 0.338 e. The number of carbonyl (C=O) groups is 1. The fourth-order valence-electron chi connectivity index (χ4n) is 4.39. The Labute approximate surface area is 244 Å². The van der Waals surface area contributed by atoms with E-state index >= 15 is 0 Å². The van der Waals surface area contributed by atoms with Crippen molar-refractivity contribution < 1.29 is 28.8 Å². The number of aromatic hydroxyl groups is 1. The zero-order valence-corrected chi connectivity index (χ0v) is 25.5. The van der Waals surface area contributed by atoms with E-state index in [0.29, 0.717) is 54.5 Å². The number of phenolic OH excluding ortho intramolecular Hbond substituents is 1. The monoisotopic (exact) mass is 630 g/mol. The highest BCUT2D eigenvalue weighted by Gasteiger charge is 2.34. The molecule has 0 aliphatic carbocycles. The Morgan fingerprint density at radius 3 is 2.58 bits per heavy atom. The largest absolute Gasteiger partial charge is 0.504 e. The zero-order chi connectivity index (χ0) is 29.1. The summed E-state index contributed by atoms with van der Waals surface area (Å²) in [6, 6.07) is 7.72. The van der Waals surface area contributed by atoms with Crippen LogP contribution in [0.1, 0.15) is 51.8 Å². The number of thiazole rings is 1. The van der Waals surface area contributed by atoms with Gasteiger partial charge in [-0.2, -0.15) is 0 Å². The van der Waals surface area contributed by atoms with E-state index < -0.39 is 12.0 Å². The Balaban J connectivity index is 1.95. The Bertz CT molecular complexity index is 1660. The van der Waals surface area contributed by atoms with Crippen LogP contribution in [0, 0.1) is 0 Å². The maximum absolute atomic E-state index is 13.9. The summed E-state index contributed by atoms with van der Waals surface area (Å²) in [6.07, 6.45) is 1.63. The van der Waals surface area contributed by atoms with Crippen molar-refractivity contribution in [3.8, 4) is 23.0 Å². The molecule has 0 fully saturated rings. The van der Waals surface area contributed by atoms with Gasteiger partial charge in [0.15, 0.2) is 27.8 Å². The number of aromatic nitrogens is 1. The number of benzene rings is 2. The topological polar surface area (TPSA) is 109 Å². The molecule has 11 heteroatoms. The molecule has 0 amide bonds. The minimum atomic E-state index is -0.804. The van der Waals surface area contributed by atoms with E-state index in [0.717, 1.165) is 0 Å². The van der Waals surface area contributed by atoms with Crippen LogP contribution >= 0.6 is 27.3 Å². The molecule has 0 radical (unpaired) electrons. The van der Waals surface area contributed by atoms with Gasteiger partial charge in [0.25, 0.3) is 5.56 Å². The standard InChI is InChI=1S/C29H31BrN2O7S/c1-7-37-22-12-18(19(30)14-20(22)33)13-24-27(34)32-26(17-9-10-21(39-15(3)4)23(11-17)36-6)25(28(35)38-8-2)16(5)31-29(32)40-24/h9-15,26,33H,7-8H2,1-6H3/b24-13-/t26-/m1/s1. The van der Waals surface area contributed by atoms with E-state index in [9.17, 15) is 14.7 Å². The second-order valence-corrected chi connectivity index (χ2v) is 11.0. The van der Waals surface area contributed by atoms with Crippen molar-refractivity contribution in [2.24, 2.45) is 4.99 Å². The first-order valence-electron chi connectivity index (χ1n) is 12.8. The normalized spacial score (nSPS) is 15.1. The Hall–Kier alpha value is -3.57. The van der Waals surface area contributed by atoms with E-state index in [1.807, 2.05) is 26.8 Å². The van der Waals surface area contributed by atoms with Crippen LogP contribution in [0.25, 0.3) is 6.08 Å². The van der Waals surface area contributed by atoms with Gasteiger partial charge in [-0.1, -0.05) is 33.3 Å². The van der Waals surface area contributed by atoms with Crippen molar-refractivity contribution in [1.29, 1.82) is 0 Å². The highest BCUT2D eigenvalue weighted by Crippen LogP contribution is 2.37. The van der Waals surface area contributed by atoms with Crippen molar-refractivity contribution in [1.82, 2.24) is 4.57 Å². The van der Waals surface area contributed by atoms with Crippen LogP contribution in [0.3, 0.4) is 0 Å². The number of esters is 1. The first kappa shape index (κ1) is 29.4. The number of halogens is 1. The third-order valence-corrected chi connectivity index (χ3v) is 7.72. The number of fused-ring (bicyclic) bond motifs is 1. The van der Waals surface area contributed by atoms with Gasteiger partial charge in [-0.3, -0.25) is 9.36 Å². The first-order chi connectivity index (χ1) is 19.1. The predicted molar refractivity (Wildman–Crippen MR) is 156 cm³/mol. The van der Waals surface area contributed by atoms with E-state index in [-0.39, 0.29) is 29.6 Å². The summed E-state index contributed by atoms with van der Waals surface area (Å²) < 4.78 is 24.9. The number of carbonyl (C=O) groups excluding carboxylic acids is 1. The van der Waals surface area contributed by atoms with Crippen LogP contribution in [0.4, 0.5) is 0 Å². The molecule has 1 aliphatic heterocycles. The van der Waals surface area contributed by atoms with Gasteiger partial charge in [0.2, 0.25) is 0 Å². The van der Waals surface area contributed by atoms with Gasteiger partial charge < -0.3 is 24.1 Å². The molecular weight excluding hydrogens is 600 g/mol. The van der Waals surface area contributed by atoms with Gasteiger partial charge in [0.1, 0.15) is 0 Å². The lowest BCUT2D eigenvalue weighted by molar-refractivity contribution is -0.139. The minimum absolute atomic E-state index is 0.0131. The molecule has 0 spiro atoms. The summed E-state index contributed by atoms with van der Waals surface area (Å²) >= 11 is 4.66. The van der Waals surface area contributed by atoms with Gasteiger partial charge in [-0.05, 0) is 76.1 Å². The van der Waals surface area contributed by atoms with Gasteiger partial charge in [-0.25, -0.2) is 9.79 Å². The Morgan fingerprint density at radius 1 is 1.18 bits per heavy atom. The number of methoxy groups -OCH3 is 1. The fraction of sp³-hybridized carbons (Fsp3) is 0.345. The average Bonchev–Trinajstić information content (AvgIpc) is 3.20. The van der Waals surface area contributed by atoms with Gasteiger partial charge >= 0.3 is 5.97 Å². The molecule has 3 aromatic rings. The van der Waals surface area contributed by atoms with E-state index in [1.165, 1.54) is 29.1 Å². The molecule has 1 aliphatic rings. The molecule has 0 saturated heterocycles. The molecule has 212 valence electrons. The quantitative estimate of drug-likeness (QED) is 0.348. The Morgan fingerprint density at radius 2 is 1.93 bits per heavy atom. The molecule has 40 heavy (non-hydrogen) atoms. The third-order valence-electron chi connectivity index (χ3n) is 6.05. The summed E-state index contributed by atoms with van der Waals surface area (Å²) in [4.78, 5) is 32.2. The van der Waals surface area contributed by atoms with E-state index in [2.05, 4.69) is 20.9 Å². The molecule has 1 aromatic heterocycles. The number of hydrogen-bond acceptors (Lipinski definition) is 9. The van der Waals surface area contributed by atoms with E-state index in [4.69, 9.17) is 18.9 Å². The second kappa shape index (κ2) is 12.3. The molecule has 0 bridgehead atoms. The number of nitrogens with zero attached hydrogens (tertiary/aromatic N) is 2. The third kappa shape index (κ3) is 5.80. The van der Waals surface area contributed by atoms with Crippen LogP contribution in [-0.2, 0) is 9.53 Å². The fourth-order valence-corrected chi connectivity index (χ4v) is 5.88. The molecule has 0 unspecified atom stereocenters. The lowest BCUT2D eigenvalue weighted by atomic mass is 9.95. The van der Waals surface area contributed by atoms with Crippen LogP contribution < -0.4 is 29.1 Å². The van der Waals surface area contributed by atoms with Crippen molar-refractivity contribution in [3.05, 3.63) is 76.9 Å². The molecule has 0 saturated carbocycles. The number of hydrogen-bond donors (Lipinski definition) is 1. The highest BCUT2D eigenvalue weighted by molar-refractivity contribution is 9.10. The second-order valence-electron chi connectivity index (χ2n) is 9.15. The van der Waals surface area contributed by atoms with Crippen molar-refractivity contribution in [2.75, 3.05) is 20.3 Å². The molecule has 1 N–H and O–H groups in total. The average molecular weight is 632 g/mol. The molecule has 2 heterocycles. The van der Waals surface area contributed by atoms with Crippen LogP contribution in [0.15, 0.2) is 55.9 Å².